The van der Waals surface area contributed by atoms with E-state index in [1.165, 1.54) is 7.11 Å². The van der Waals surface area contributed by atoms with Gasteiger partial charge < -0.3 is 20.7 Å². The van der Waals surface area contributed by atoms with Crippen molar-refractivity contribution >= 4 is 34.2 Å². The van der Waals surface area contributed by atoms with Crippen molar-refractivity contribution in [1.29, 1.82) is 5.41 Å². The van der Waals surface area contributed by atoms with E-state index in [2.05, 4.69) is 40.5 Å². The van der Waals surface area contributed by atoms with Crippen LogP contribution in [-0.4, -0.2) is 36.9 Å². The molecular weight excluding hydrogens is 452 g/mol. The number of fused-ring (bicyclic) bond motifs is 2. The number of ether oxygens (including phenoxy) is 1. The van der Waals surface area contributed by atoms with Crippen LogP contribution in [0.3, 0.4) is 0 Å². The van der Waals surface area contributed by atoms with E-state index in [-0.39, 0.29) is 35.7 Å². The van der Waals surface area contributed by atoms with Crippen molar-refractivity contribution in [3.8, 4) is 0 Å². The van der Waals surface area contributed by atoms with Crippen molar-refractivity contribution in [2.75, 3.05) is 12.0 Å². The second-order valence-electron chi connectivity index (χ2n) is 9.82. The summed E-state index contributed by atoms with van der Waals surface area (Å²) in [5.41, 5.74) is 9.62. The molecule has 4 N–H and O–H groups in total. The van der Waals surface area contributed by atoms with Crippen molar-refractivity contribution in [2.45, 2.75) is 50.7 Å². The minimum Gasteiger partial charge on any atom is -0.469 e. The molecule has 1 heterocycles. The van der Waals surface area contributed by atoms with E-state index >= 15 is 0 Å². The van der Waals surface area contributed by atoms with Crippen LogP contribution in [-0.2, 0) is 27.3 Å². The third-order valence-corrected chi connectivity index (χ3v) is 7.63. The lowest BCUT2D eigenvalue weighted by Crippen LogP contribution is -2.49. The van der Waals surface area contributed by atoms with Crippen LogP contribution in [0.4, 0.5) is 5.69 Å². The third kappa shape index (κ3) is 4.65. The smallest absolute Gasteiger partial charge is 0.308 e. The summed E-state index contributed by atoms with van der Waals surface area (Å²) in [6.45, 7) is 0.572. The minimum absolute atomic E-state index is 0.00247. The van der Waals surface area contributed by atoms with E-state index in [1.54, 1.807) is 0 Å². The van der Waals surface area contributed by atoms with Crippen molar-refractivity contribution in [3.05, 3.63) is 77.4 Å². The monoisotopic (exact) mass is 484 g/mol. The zero-order valence-corrected chi connectivity index (χ0v) is 20.5. The van der Waals surface area contributed by atoms with Crippen LogP contribution in [0, 0.1) is 11.3 Å². The number of carbonyl (C=O) groups excluding carboxylic acids is 2. The van der Waals surface area contributed by atoms with Gasteiger partial charge in [-0.05, 0) is 53.6 Å². The zero-order valence-electron chi connectivity index (χ0n) is 20.5. The van der Waals surface area contributed by atoms with Gasteiger partial charge in [0.2, 0.25) is 5.91 Å². The molecule has 1 saturated carbocycles. The maximum absolute atomic E-state index is 13.6. The molecule has 0 radical (unpaired) electrons. The Bertz CT molecular complexity index is 1310. The number of anilines is 1. The average Bonchev–Trinajstić information content (AvgIpc) is 3.26. The molecular formula is C29H32N4O3. The second kappa shape index (κ2) is 10.0. The summed E-state index contributed by atoms with van der Waals surface area (Å²) in [5, 5.41) is 13.5. The largest absolute Gasteiger partial charge is 0.469 e. The number of nitrogen functional groups attached to an aromatic ring is 1. The topological polar surface area (TPSA) is 109 Å². The number of nitrogens with one attached hydrogen (secondary N) is 2. The van der Waals surface area contributed by atoms with Gasteiger partial charge in [0.15, 0.2) is 0 Å². The summed E-state index contributed by atoms with van der Waals surface area (Å²) >= 11 is 0. The summed E-state index contributed by atoms with van der Waals surface area (Å²) in [6, 6.07) is 20.0. The van der Waals surface area contributed by atoms with Crippen LogP contribution in [0.15, 0.2) is 60.7 Å². The Morgan fingerprint density at radius 3 is 2.56 bits per heavy atom. The first-order chi connectivity index (χ1) is 17.4. The van der Waals surface area contributed by atoms with E-state index in [9.17, 15) is 9.59 Å². The fourth-order valence-corrected chi connectivity index (χ4v) is 5.64. The van der Waals surface area contributed by atoms with Crippen LogP contribution in [0.25, 0.3) is 10.8 Å². The lowest BCUT2D eigenvalue weighted by atomic mass is 9.86. The maximum atomic E-state index is 13.6. The highest BCUT2D eigenvalue weighted by molar-refractivity contribution is 5.97. The first-order valence-corrected chi connectivity index (χ1v) is 12.5. The molecule has 0 bridgehead atoms. The zero-order chi connectivity index (χ0) is 25.2. The summed E-state index contributed by atoms with van der Waals surface area (Å²) in [7, 11) is 1.43. The van der Waals surface area contributed by atoms with Gasteiger partial charge in [-0.15, -0.1) is 0 Å². The standard InChI is InChI=1S/C29H32N4O3/c1-36-29(35)19-11-13-23(14-12-19)32-28(34)26-15-20-9-10-21(27(30)31)16-25(20)33(26)17-22-7-4-6-18-5-2-3-8-24(18)22/h2-10,16,19,23,26H,11-15,17H2,1H3,(H3,30,31)(H,32,34). The highest BCUT2D eigenvalue weighted by atomic mass is 16.5. The van der Waals surface area contributed by atoms with Crippen molar-refractivity contribution in [1.82, 2.24) is 5.32 Å². The van der Waals surface area contributed by atoms with Gasteiger partial charge in [-0.25, -0.2) is 0 Å². The molecule has 2 aliphatic rings. The number of nitrogens with zero attached hydrogens (tertiary/aromatic N) is 1. The number of esters is 1. The van der Waals surface area contributed by atoms with Crippen molar-refractivity contribution in [2.24, 2.45) is 11.7 Å². The number of hydrogen-bond acceptors (Lipinski definition) is 5. The maximum Gasteiger partial charge on any atom is 0.308 e. The Kier molecular flexibility index (Phi) is 6.63. The molecule has 0 spiro atoms. The molecule has 1 aliphatic heterocycles. The molecule has 1 aliphatic carbocycles. The number of nitrogens with two attached hydrogens (primary N) is 1. The highest BCUT2D eigenvalue weighted by Gasteiger charge is 2.37. The van der Waals surface area contributed by atoms with Crippen LogP contribution in [0.1, 0.15) is 42.4 Å². The molecule has 0 aromatic heterocycles. The first-order valence-electron chi connectivity index (χ1n) is 12.5. The number of amidine groups is 1. The van der Waals surface area contributed by atoms with Crippen LogP contribution >= 0.6 is 0 Å². The third-order valence-electron chi connectivity index (χ3n) is 7.63. The van der Waals surface area contributed by atoms with E-state index in [1.807, 2.05) is 30.3 Å². The van der Waals surface area contributed by atoms with Crippen LogP contribution in [0.2, 0.25) is 0 Å². The molecule has 36 heavy (non-hydrogen) atoms. The van der Waals surface area contributed by atoms with Gasteiger partial charge in [-0.2, -0.15) is 0 Å². The molecule has 1 fully saturated rings. The van der Waals surface area contributed by atoms with Gasteiger partial charge in [-0.3, -0.25) is 15.0 Å². The molecule has 3 aromatic rings. The number of benzene rings is 3. The number of carbonyl (C=O) groups is 2. The van der Waals surface area contributed by atoms with Crippen LogP contribution < -0.4 is 16.0 Å². The van der Waals surface area contributed by atoms with E-state index in [0.717, 1.165) is 53.3 Å². The molecule has 3 aromatic carbocycles. The Morgan fingerprint density at radius 2 is 1.81 bits per heavy atom. The Hall–Kier alpha value is -3.87. The molecule has 7 nitrogen and oxygen atoms in total. The number of rotatable bonds is 6. The van der Waals surface area contributed by atoms with Gasteiger partial charge in [0.25, 0.3) is 0 Å². The summed E-state index contributed by atoms with van der Waals surface area (Å²) in [6.07, 6.45) is 3.59. The molecule has 186 valence electrons. The van der Waals surface area contributed by atoms with Crippen molar-refractivity contribution in [3.63, 3.8) is 0 Å². The SMILES string of the molecule is COC(=O)C1CCC(NC(=O)C2Cc3ccc(C(=N)N)cc3N2Cc2cccc3ccccc23)CC1. The van der Waals surface area contributed by atoms with Crippen LogP contribution in [0.5, 0.6) is 0 Å². The molecule has 5 rings (SSSR count). The number of amides is 1. The van der Waals surface area contributed by atoms with Gasteiger partial charge in [0.05, 0.1) is 13.0 Å². The lowest BCUT2D eigenvalue weighted by molar-refractivity contribution is -0.146. The average molecular weight is 485 g/mol. The molecule has 1 atom stereocenters. The predicted octanol–water partition coefficient (Wildman–Crippen LogP) is 3.90. The highest BCUT2D eigenvalue weighted by Crippen LogP contribution is 2.36. The Balaban J connectivity index is 1.40. The summed E-state index contributed by atoms with van der Waals surface area (Å²) in [5.74, 6) is -0.226. The van der Waals surface area contributed by atoms with E-state index < -0.39 is 0 Å². The molecule has 7 heteroatoms. The van der Waals surface area contributed by atoms with E-state index in [0.29, 0.717) is 18.5 Å². The minimum atomic E-state index is -0.362. The molecule has 1 amide bonds. The van der Waals surface area contributed by atoms with Gasteiger partial charge in [0, 0.05) is 30.3 Å². The normalized spacial score (nSPS) is 21.1. The fourth-order valence-electron chi connectivity index (χ4n) is 5.64. The van der Waals surface area contributed by atoms with Crippen molar-refractivity contribution < 1.29 is 14.3 Å². The lowest BCUT2D eigenvalue weighted by Gasteiger charge is -2.31. The number of hydrogen-bond donors (Lipinski definition) is 3. The molecule has 0 saturated heterocycles. The summed E-state index contributed by atoms with van der Waals surface area (Å²) < 4.78 is 4.89. The predicted molar refractivity (Wildman–Crippen MR) is 141 cm³/mol. The van der Waals surface area contributed by atoms with Gasteiger partial charge in [0.1, 0.15) is 11.9 Å². The van der Waals surface area contributed by atoms with Gasteiger partial charge >= 0.3 is 5.97 Å². The van der Waals surface area contributed by atoms with E-state index in [4.69, 9.17) is 15.9 Å². The summed E-state index contributed by atoms with van der Waals surface area (Å²) in [4.78, 5) is 27.7. The van der Waals surface area contributed by atoms with Gasteiger partial charge in [-0.1, -0.05) is 54.6 Å². The first kappa shape index (κ1) is 23.9. The Morgan fingerprint density at radius 1 is 1.06 bits per heavy atom. The fraction of sp³-hybridized carbons (Fsp3) is 0.345. The second-order valence-corrected chi connectivity index (χ2v) is 9.82. The molecule has 1 unspecified atom stereocenters. The quantitative estimate of drug-likeness (QED) is 0.279. The Labute approximate surface area is 211 Å². The number of methoxy groups -OCH3 is 1.